The highest BCUT2D eigenvalue weighted by Crippen LogP contribution is 2.23. The Balaban J connectivity index is 1.66. The zero-order valence-electron chi connectivity index (χ0n) is 12.3. The van der Waals surface area contributed by atoms with Crippen LogP contribution in [-0.4, -0.2) is 25.1 Å². The first-order valence-corrected chi connectivity index (χ1v) is 6.77. The molecule has 1 aromatic carbocycles. The number of benzene rings is 1. The third kappa shape index (κ3) is 3.03. The van der Waals surface area contributed by atoms with Gasteiger partial charge in [-0.2, -0.15) is 4.98 Å². The van der Waals surface area contributed by atoms with Crippen LogP contribution in [0.2, 0.25) is 0 Å². The van der Waals surface area contributed by atoms with E-state index in [1.54, 1.807) is 41.5 Å². The number of aromatic nitrogens is 1. The number of nitrogens with zero attached hydrogens (tertiary/aromatic N) is 2. The molecule has 0 aliphatic heterocycles. The second kappa shape index (κ2) is 5.80. The Bertz CT molecular complexity index is 777. The highest BCUT2D eigenvalue weighted by molar-refractivity contribution is 5.91. The van der Waals surface area contributed by atoms with Gasteiger partial charge >= 0.3 is 6.03 Å². The number of furan rings is 1. The van der Waals surface area contributed by atoms with E-state index in [4.69, 9.17) is 8.83 Å². The minimum Gasteiger partial charge on any atom is -0.467 e. The molecule has 7 heteroatoms. The van der Waals surface area contributed by atoms with Gasteiger partial charge in [0.1, 0.15) is 11.3 Å². The second-order valence-corrected chi connectivity index (χ2v) is 4.96. The van der Waals surface area contributed by atoms with E-state index in [0.717, 1.165) is 0 Å². The molecule has 0 bridgehead atoms. The summed E-state index contributed by atoms with van der Waals surface area (Å²) < 4.78 is 10.7. The van der Waals surface area contributed by atoms with Crippen LogP contribution in [0.15, 0.2) is 45.4 Å². The number of hydrogen-bond acceptors (Lipinski definition) is 5. The van der Waals surface area contributed by atoms with Crippen molar-refractivity contribution in [1.82, 2.24) is 10.3 Å². The van der Waals surface area contributed by atoms with Crippen molar-refractivity contribution in [2.24, 2.45) is 0 Å². The van der Waals surface area contributed by atoms with E-state index < -0.39 is 0 Å². The van der Waals surface area contributed by atoms with E-state index in [-0.39, 0.29) is 6.03 Å². The first-order chi connectivity index (χ1) is 10.6. The molecule has 0 aliphatic rings. The van der Waals surface area contributed by atoms with Gasteiger partial charge in [0, 0.05) is 19.8 Å². The van der Waals surface area contributed by atoms with Crippen molar-refractivity contribution in [1.29, 1.82) is 0 Å². The normalized spacial score (nSPS) is 10.6. The summed E-state index contributed by atoms with van der Waals surface area (Å²) in [6.07, 6.45) is 1.57. The number of anilines is 2. The smallest absolute Gasteiger partial charge is 0.319 e. The molecule has 3 rings (SSSR count). The van der Waals surface area contributed by atoms with Gasteiger partial charge in [0.15, 0.2) is 5.58 Å². The van der Waals surface area contributed by atoms with Gasteiger partial charge in [0.25, 0.3) is 6.01 Å². The fraction of sp³-hybridized carbons (Fsp3) is 0.200. The standard InChI is InChI=1S/C15H16N4O3/c1-19(2)15-18-12-8-10(5-6-13(12)22-15)17-14(20)16-9-11-4-3-7-21-11/h3-8H,9H2,1-2H3,(H2,16,17,20). The number of urea groups is 1. The topological polar surface area (TPSA) is 83.5 Å². The maximum atomic E-state index is 11.8. The van der Waals surface area contributed by atoms with Crippen LogP contribution in [0.25, 0.3) is 11.1 Å². The zero-order valence-corrected chi connectivity index (χ0v) is 12.3. The predicted octanol–water partition coefficient (Wildman–Crippen LogP) is 2.81. The number of rotatable bonds is 4. The lowest BCUT2D eigenvalue weighted by molar-refractivity contribution is 0.251. The molecule has 0 unspecified atom stereocenters. The monoisotopic (exact) mass is 300 g/mol. The van der Waals surface area contributed by atoms with E-state index in [1.165, 1.54) is 0 Å². The Morgan fingerprint density at radius 2 is 2.18 bits per heavy atom. The van der Waals surface area contributed by atoms with E-state index >= 15 is 0 Å². The molecule has 0 atom stereocenters. The molecule has 0 fully saturated rings. The second-order valence-electron chi connectivity index (χ2n) is 4.96. The highest BCUT2D eigenvalue weighted by atomic mass is 16.4. The first-order valence-electron chi connectivity index (χ1n) is 6.77. The summed E-state index contributed by atoms with van der Waals surface area (Å²) in [5, 5.41) is 5.46. The van der Waals surface area contributed by atoms with Crippen LogP contribution in [-0.2, 0) is 6.54 Å². The Hall–Kier alpha value is -2.96. The van der Waals surface area contributed by atoms with Gasteiger partial charge in [0.2, 0.25) is 0 Å². The van der Waals surface area contributed by atoms with Gasteiger partial charge in [-0.05, 0) is 30.3 Å². The molecule has 7 nitrogen and oxygen atoms in total. The van der Waals surface area contributed by atoms with Crippen LogP contribution < -0.4 is 15.5 Å². The van der Waals surface area contributed by atoms with Crippen LogP contribution in [0.3, 0.4) is 0 Å². The van der Waals surface area contributed by atoms with Gasteiger partial charge in [-0.25, -0.2) is 4.79 Å². The largest absolute Gasteiger partial charge is 0.467 e. The van der Waals surface area contributed by atoms with Gasteiger partial charge in [-0.1, -0.05) is 0 Å². The number of amides is 2. The number of fused-ring (bicyclic) bond motifs is 1. The van der Waals surface area contributed by atoms with E-state index in [1.807, 2.05) is 14.1 Å². The summed E-state index contributed by atoms with van der Waals surface area (Å²) in [7, 11) is 3.71. The SMILES string of the molecule is CN(C)c1nc2cc(NC(=O)NCc3ccco3)ccc2o1. The fourth-order valence-electron chi connectivity index (χ4n) is 1.94. The molecule has 0 aliphatic carbocycles. The lowest BCUT2D eigenvalue weighted by Gasteiger charge is -2.06. The molecule has 2 heterocycles. The summed E-state index contributed by atoms with van der Waals surface area (Å²) in [4.78, 5) is 18.0. The van der Waals surface area contributed by atoms with E-state index in [2.05, 4.69) is 15.6 Å². The molecule has 0 spiro atoms. The molecular formula is C15H16N4O3. The maximum absolute atomic E-state index is 11.8. The molecule has 2 amide bonds. The minimum absolute atomic E-state index is 0.313. The molecule has 0 radical (unpaired) electrons. The number of hydrogen-bond donors (Lipinski definition) is 2. The van der Waals surface area contributed by atoms with Crippen LogP contribution in [0.5, 0.6) is 0 Å². The quantitative estimate of drug-likeness (QED) is 0.774. The van der Waals surface area contributed by atoms with Crippen molar-refractivity contribution < 1.29 is 13.6 Å². The van der Waals surface area contributed by atoms with Crippen molar-refractivity contribution in [3.8, 4) is 0 Å². The lowest BCUT2D eigenvalue weighted by Crippen LogP contribution is -2.27. The average Bonchev–Trinajstić information content (AvgIpc) is 3.14. The summed E-state index contributed by atoms with van der Waals surface area (Å²) in [6, 6.07) is 9.08. The van der Waals surface area contributed by atoms with Gasteiger partial charge < -0.3 is 24.4 Å². The molecule has 2 aromatic heterocycles. The minimum atomic E-state index is -0.313. The van der Waals surface area contributed by atoms with Gasteiger partial charge in [0.05, 0.1) is 12.8 Å². The Morgan fingerprint density at radius 1 is 1.32 bits per heavy atom. The third-order valence-electron chi connectivity index (χ3n) is 3.02. The zero-order chi connectivity index (χ0) is 15.5. The Morgan fingerprint density at radius 3 is 2.91 bits per heavy atom. The van der Waals surface area contributed by atoms with Crippen molar-refractivity contribution in [2.75, 3.05) is 24.3 Å². The van der Waals surface area contributed by atoms with E-state index in [0.29, 0.717) is 35.1 Å². The predicted molar refractivity (Wildman–Crippen MR) is 82.9 cm³/mol. The van der Waals surface area contributed by atoms with Crippen molar-refractivity contribution >= 4 is 28.8 Å². The first kappa shape index (κ1) is 14.0. The van der Waals surface area contributed by atoms with E-state index in [9.17, 15) is 4.79 Å². The lowest BCUT2D eigenvalue weighted by atomic mass is 10.3. The number of carbonyl (C=O) groups excluding carboxylic acids is 1. The van der Waals surface area contributed by atoms with Crippen molar-refractivity contribution in [2.45, 2.75) is 6.54 Å². The van der Waals surface area contributed by atoms with Crippen LogP contribution in [0.1, 0.15) is 5.76 Å². The highest BCUT2D eigenvalue weighted by Gasteiger charge is 2.09. The van der Waals surface area contributed by atoms with Gasteiger partial charge in [-0.3, -0.25) is 0 Å². The Kier molecular flexibility index (Phi) is 3.69. The molecule has 3 aromatic rings. The third-order valence-corrected chi connectivity index (χ3v) is 3.02. The Labute approximate surface area is 126 Å². The maximum Gasteiger partial charge on any atom is 0.319 e. The molecule has 0 saturated heterocycles. The molecule has 22 heavy (non-hydrogen) atoms. The van der Waals surface area contributed by atoms with Gasteiger partial charge in [-0.15, -0.1) is 0 Å². The molecule has 114 valence electrons. The summed E-state index contributed by atoms with van der Waals surface area (Å²) >= 11 is 0. The summed E-state index contributed by atoms with van der Waals surface area (Å²) in [6.45, 7) is 0.329. The number of nitrogens with one attached hydrogen (secondary N) is 2. The fourth-order valence-corrected chi connectivity index (χ4v) is 1.94. The average molecular weight is 300 g/mol. The summed E-state index contributed by atoms with van der Waals surface area (Å²) in [5.74, 6) is 0.692. The van der Waals surface area contributed by atoms with Crippen molar-refractivity contribution in [3.63, 3.8) is 0 Å². The molecular weight excluding hydrogens is 284 g/mol. The number of carbonyl (C=O) groups is 1. The molecule has 2 N–H and O–H groups in total. The summed E-state index contributed by atoms with van der Waals surface area (Å²) in [5.41, 5.74) is 2.00. The van der Waals surface area contributed by atoms with Crippen molar-refractivity contribution in [3.05, 3.63) is 42.4 Å². The number of oxazole rings is 1. The van der Waals surface area contributed by atoms with Crippen LogP contribution in [0.4, 0.5) is 16.5 Å². The van der Waals surface area contributed by atoms with Crippen LogP contribution in [0, 0.1) is 0 Å². The molecule has 0 saturated carbocycles. The van der Waals surface area contributed by atoms with Crippen LogP contribution >= 0.6 is 0 Å².